The normalized spacial score (nSPS) is 11.5. The average molecular weight is 373 g/mol. The fourth-order valence-corrected chi connectivity index (χ4v) is 2.11. The Bertz CT molecular complexity index is 793. The zero-order chi connectivity index (χ0) is 19.8. The summed E-state index contributed by atoms with van der Waals surface area (Å²) in [5.41, 5.74) is 0.592. The Morgan fingerprint density at radius 1 is 1.22 bits per heavy atom. The van der Waals surface area contributed by atoms with E-state index in [-0.39, 0.29) is 24.0 Å². The number of amides is 1. The number of alkyl carbamates (subject to hydrolysis) is 1. The Morgan fingerprint density at radius 2 is 1.93 bits per heavy atom. The van der Waals surface area contributed by atoms with Gasteiger partial charge in [-0.3, -0.25) is 15.1 Å². The Balaban J connectivity index is 1.93. The van der Waals surface area contributed by atoms with Crippen molar-refractivity contribution < 1.29 is 24.0 Å². The van der Waals surface area contributed by atoms with E-state index in [9.17, 15) is 19.7 Å². The maximum Gasteiger partial charge on any atom is 0.408 e. The van der Waals surface area contributed by atoms with E-state index in [4.69, 9.17) is 9.47 Å². The van der Waals surface area contributed by atoms with Gasteiger partial charge in [0.1, 0.15) is 18.4 Å². The molecule has 1 heterocycles. The number of hydrogen-bond acceptors (Lipinski definition) is 7. The Kier molecular flexibility index (Phi) is 6.81. The van der Waals surface area contributed by atoms with E-state index >= 15 is 0 Å². The summed E-state index contributed by atoms with van der Waals surface area (Å²) >= 11 is 0. The number of carbonyl (C=O) groups is 2. The molecule has 1 amide bonds. The lowest BCUT2D eigenvalue weighted by atomic mass is 10.1. The average Bonchev–Trinajstić information content (AvgIpc) is 2.65. The Hall–Kier alpha value is -3.49. The first-order valence-corrected chi connectivity index (χ1v) is 8.15. The lowest BCUT2D eigenvalue weighted by Crippen LogP contribution is -2.46. The fourth-order valence-electron chi connectivity index (χ4n) is 2.11. The van der Waals surface area contributed by atoms with Crippen molar-refractivity contribution in [3.63, 3.8) is 0 Å². The van der Waals surface area contributed by atoms with Crippen LogP contribution in [0, 0.1) is 16.0 Å². The van der Waals surface area contributed by atoms with Crippen LogP contribution in [0.5, 0.6) is 5.75 Å². The number of rotatable bonds is 7. The molecule has 0 aliphatic rings. The van der Waals surface area contributed by atoms with Crippen LogP contribution < -0.4 is 10.1 Å². The summed E-state index contributed by atoms with van der Waals surface area (Å²) in [6.07, 6.45) is 2.40. The maximum atomic E-state index is 12.3. The first-order valence-electron chi connectivity index (χ1n) is 8.15. The molecule has 0 aliphatic heterocycles. The summed E-state index contributed by atoms with van der Waals surface area (Å²) in [6.45, 7) is 3.49. The molecule has 0 saturated carbocycles. The second-order valence-electron chi connectivity index (χ2n) is 5.98. The van der Waals surface area contributed by atoms with E-state index < -0.39 is 23.0 Å². The van der Waals surface area contributed by atoms with Gasteiger partial charge in [-0.2, -0.15) is 0 Å². The number of non-ortho nitro benzene ring substituents is 1. The molecule has 0 radical (unpaired) electrons. The number of hydrogen-bond donors (Lipinski definition) is 1. The molecule has 2 rings (SSSR count). The summed E-state index contributed by atoms with van der Waals surface area (Å²) in [5.74, 6) is -0.819. The molecule has 0 bridgehead atoms. The van der Waals surface area contributed by atoms with Gasteiger partial charge in [0.05, 0.1) is 4.92 Å². The predicted molar refractivity (Wildman–Crippen MR) is 94.9 cm³/mol. The van der Waals surface area contributed by atoms with E-state index in [1.165, 1.54) is 24.3 Å². The molecule has 1 aromatic carbocycles. The van der Waals surface area contributed by atoms with Crippen molar-refractivity contribution >= 4 is 17.7 Å². The number of aromatic nitrogens is 1. The van der Waals surface area contributed by atoms with Gasteiger partial charge in [0, 0.05) is 30.1 Å². The van der Waals surface area contributed by atoms with Crippen molar-refractivity contribution in [3.8, 4) is 5.75 Å². The molecule has 27 heavy (non-hydrogen) atoms. The minimum absolute atomic E-state index is 0.0158. The number of nitro benzene ring substituents is 1. The molecule has 2 aromatic rings. The first-order chi connectivity index (χ1) is 12.9. The quantitative estimate of drug-likeness (QED) is 0.343. The summed E-state index contributed by atoms with van der Waals surface area (Å²) in [4.78, 5) is 38.3. The van der Waals surface area contributed by atoms with E-state index in [1.807, 2.05) is 0 Å². The molecule has 9 heteroatoms. The van der Waals surface area contributed by atoms with Crippen LogP contribution in [-0.4, -0.2) is 28.0 Å². The zero-order valence-electron chi connectivity index (χ0n) is 14.8. The molecule has 9 nitrogen and oxygen atoms in total. The minimum atomic E-state index is -0.943. The van der Waals surface area contributed by atoms with Gasteiger partial charge in [-0.1, -0.05) is 19.9 Å². The van der Waals surface area contributed by atoms with Crippen molar-refractivity contribution in [1.82, 2.24) is 10.3 Å². The van der Waals surface area contributed by atoms with E-state index in [0.29, 0.717) is 5.56 Å². The van der Waals surface area contributed by atoms with Gasteiger partial charge >= 0.3 is 12.1 Å². The minimum Gasteiger partial charge on any atom is -0.445 e. The molecule has 1 atom stereocenters. The molecular weight excluding hydrogens is 354 g/mol. The highest BCUT2D eigenvalue weighted by Gasteiger charge is 2.27. The lowest BCUT2D eigenvalue weighted by molar-refractivity contribution is -0.384. The van der Waals surface area contributed by atoms with Crippen LogP contribution in [-0.2, 0) is 16.1 Å². The van der Waals surface area contributed by atoms with Crippen LogP contribution in [0.25, 0.3) is 0 Å². The summed E-state index contributed by atoms with van der Waals surface area (Å²) < 4.78 is 10.3. The summed E-state index contributed by atoms with van der Waals surface area (Å²) in [7, 11) is 0. The molecule has 142 valence electrons. The van der Waals surface area contributed by atoms with Gasteiger partial charge in [-0.25, -0.2) is 9.59 Å². The number of nitrogens with zero attached hydrogens (tertiary/aromatic N) is 2. The lowest BCUT2D eigenvalue weighted by Gasteiger charge is -2.20. The van der Waals surface area contributed by atoms with Crippen LogP contribution in [0.2, 0.25) is 0 Å². The fraction of sp³-hybridized carbons (Fsp3) is 0.278. The van der Waals surface area contributed by atoms with Gasteiger partial charge in [0.2, 0.25) is 0 Å². The highest BCUT2D eigenvalue weighted by atomic mass is 16.6. The second kappa shape index (κ2) is 9.27. The van der Waals surface area contributed by atoms with Crippen LogP contribution in [0.15, 0.2) is 48.8 Å². The summed E-state index contributed by atoms with van der Waals surface area (Å²) in [6, 6.07) is 7.60. The number of nitrogens with one attached hydrogen (secondary N) is 1. The highest BCUT2D eigenvalue weighted by Crippen LogP contribution is 2.18. The highest BCUT2D eigenvalue weighted by molar-refractivity contribution is 5.83. The molecule has 0 spiro atoms. The van der Waals surface area contributed by atoms with Gasteiger partial charge in [0.25, 0.3) is 5.69 Å². The van der Waals surface area contributed by atoms with Gasteiger partial charge < -0.3 is 14.8 Å². The molecule has 1 aromatic heterocycles. The molecular formula is C18H19N3O6. The van der Waals surface area contributed by atoms with Crippen molar-refractivity contribution in [3.05, 3.63) is 64.5 Å². The summed E-state index contributed by atoms with van der Waals surface area (Å²) in [5, 5.41) is 13.1. The Labute approximate surface area is 155 Å². The third-order valence-electron chi connectivity index (χ3n) is 3.55. The van der Waals surface area contributed by atoms with Crippen molar-refractivity contribution in [2.75, 3.05) is 0 Å². The van der Waals surface area contributed by atoms with Gasteiger partial charge in [0.15, 0.2) is 0 Å². The van der Waals surface area contributed by atoms with E-state index in [1.54, 1.807) is 38.4 Å². The standard InChI is InChI=1S/C18H19N3O6/c1-12(2)16(20-18(23)26-11-13-4-3-9-19-10-13)17(22)27-15-7-5-14(6-8-15)21(24)25/h3-10,12,16H,11H2,1-2H3,(H,20,23). The predicted octanol–water partition coefficient (Wildman–Crippen LogP) is 2.85. The molecule has 0 fully saturated rings. The third-order valence-corrected chi connectivity index (χ3v) is 3.55. The zero-order valence-corrected chi connectivity index (χ0v) is 14.8. The van der Waals surface area contributed by atoms with E-state index in [2.05, 4.69) is 10.3 Å². The van der Waals surface area contributed by atoms with Crippen molar-refractivity contribution in [2.45, 2.75) is 26.5 Å². The Morgan fingerprint density at radius 3 is 2.48 bits per heavy atom. The van der Waals surface area contributed by atoms with Crippen molar-refractivity contribution in [1.29, 1.82) is 0 Å². The maximum absolute atomic E-state index is 12.3. The van der Waals surface area contributed by atoms with E-state index in [0.717, 1.165) is 0 Å². The smallest absolute Gasteiger partial charge is 0.408 e. The molecule has 1 N–H and O–H groups in total. The van der Waals surface area contributed by atoms with Crippen LogP contribution in [0.4, 0.5) is 10.5 Å². The monoisotopic (exact) mass is 373 g/mol. The number of esters is 1. The van der Waals surface area contributed by atoms with Crippen LogP contribution >= 0.6 is 0 Å². The second-order valence-corrected chi connectivity index (χ2v) is 5.98. The van der Waals surface area contributed by atoms with Gasteiger partial charge in [-0.15, -0.1) is 0 Å². The van der Waals surface area contributed by atoms with Crippen LogP contribution in [0.3, 0.4) is 0 Å². The number of nitro groups is 1. The number of benzene rings is 1. The van der Waals surface area contributed by atoms with Gasteiger partial charge in [-0.05, 0) is 24.1 Å². The van der Waals surface area contributed by atoms with Crippen molar-refractivity contribution in [2.24, 2.45) is 5.92 Å². The number of ether oxygens (including phenoxy) is 2. The molecule has 0 aliphatic carbocycles. The molecule has 0 saturated heterocycles. The number of carbonyl (C=O) groups excluding carboxylic acids is 2. The largest absolute Gasteiger partial charge is 0.445 e. The topological polar surface area (TPSA) is 121 Å². The third kappa shape index (κ3) is 6.07. The van der Waals surface area contributed by atoms with Crippen LogP contribution in [0.1, 0.15) is 19.4 Å². The first kappa shape index (κ1) is 19.8. The number of pyridine rings is 1. The SMILES string of the molecule is CC(C)C(NC(=O)OCc1cccnc1)C(=O)Oc1ccc([N+](=O)[O-])cc1. The molecule has 1 unspecified atom stereocenters.